The molecule has 0 atom stereocenters. The van der Waals surface area contributed by atoms with Gasteiger partial charge in [-0.15, -0.1) is 9.36 Å². The Balaban J connectivity index is 2.06. The van der Waals surface area contributed by atoms with Crippen LogP contribution in [0.1, 0.15) is 12.5 Å². The van der Waals surface area contributed by atoms with E-state index in [9.17, 15) is 4.79 Å². The highest BCUT2D eigenvalue weighted by molar-refractivity contribution is 9.10. The molecular formula is C11H12BrN4O+. The van der Waals surface area contributed by atoms with Gasteiger partial charge in [0, 0.05) is 16.5 Å². The van der Waals surface area contributed by atoms with E-state index >= 15 is 0 Å². The molecule has 1 heterocycles. The average molecular weight is 296 g/mol. The van der Waals surface area contributed by atoms with Gasteiger partial charge in [-0.2, -0.15) is 0 Å². The average Bonchev–Trinajstić information content (AvgIpc) is 2.68. The van der Waals surface area contributed by atoms with Crippen LogP contribution in [0, 0.1) is 0 Å². The first-order chi connectivity index (χ1) is 8.13. The number of carbonyl (C=O) groups excluding carboxylic acids is 1. The van der Waals surface area contributed by atoms with Crippen LogP contribution in [0.3, 0.4) is 0 Å². The Bertz CT molecular complexity index is 521. The summed E-state index contributed by atoms with van der Waals surface area (Å²) in [4.78, 5) is 10.8. The molecule has 0 spiro atoms. The largest absolute Gasteiger partial charge is 0.287 e. The minimum atomic E-state index is -0.127. The summed E-state index contributed by atoms with van der Waals surface area (Å²) in [7, 11) is 0. The Morgan fingerprint density at radius 2 is 2.18 bits per heavy atom. The number of halogens is 1. The first kappa shape index (κ1) is 11.8. The van der Waals surface area contributed by atoms with E-state index in [2.05, 4.69) is 26.5 Å². The van der Waals surface area contributed by atoms with E-state index in [0.717, 1.165) is 10.0 Å². The number of nitrogens with one attached hydrogen (secondary N) is 1. The number of hydrogen-bond acceptors (Lipinski definition) is 2. The van der Waals surface area contributed by atoms with Crippen LogP contribution in [0.5, 0.6) is 0 Å². The molecule has 0 aliphatic rings. The number of benzene rings is 1. The smallest absolute Gasteiger partial charge is 0.272 e. The molecule has 1 aromatic carbocycles. The van der Waals surface area contributed by atoms with E-state index in [4.69, 9.17) is 0 Å². The van der Waals surface area contributed by atoms with Crippen LogP contribution < -0.4 is 10.1 Å². The summed E-state index contributed by atoms with van der Waals surface area (Å²) in [5.74, 6) is -0.127. The van der Waals surface area contributed by atoms with Gasteiger partial charge in [-0.25, -0.2) is 5.43 Å². The molecule has 0 bridgehead atoms. The Labute approximate surface area is 107 Å². The molecule has 0 saturated heterocycles. The molecule has 2 aromatic rings. The predicted molar refractivity (Wildman–Crippen MR) is 65.7 cm³/mol. The van der Waals surface area contributed by atoms with Crippen LogP contribution in [-0.4, -0.2) is 15.7 Å². The molecule has 6 heteroatoms. The lowest BCUT2D eigenvalue weighted by Crippen LogP contribution is -2.45. The summed E-state index contributed by atoms with van der Waals surface area (Å²) >= 11 is 3.39. The van der Waals surface area contributed by atoms with Crippen molar-refractivity contribution in [2.45, 2.75) is 13.5 Å². The molecular weight excluding hydrogens is 284 g/mol. The number of nitrogens with zero attached hydrogens (tertiary/aromatic N) is 3. The van der Waals surface area contributed by atoms with Crippen molar-refractivity contribution >= 4 is 21.8 Å². The van der Waals surface area contributed by atoms with Gasteiger partial charge < -0.3 is 0 Å². The summed E-state index contributed by atoms with van der Waals surface area (Å²) in [6.07, 6.45) is 3.28. The van der Waals surface area contributed by atoms with Crippen molar-refractivity contribution in [1.82, 2.24) is 9.78 Å². The lowest BCUT2D eigenvalue weighted by atomic mass is 10.2. The molecule has 2 rings (SSSR count). The second kappa shape index (κ2) is 5.09. The summed E-state index contributed by atoms with van der Waals surface area (Å²) in [6.45, 7) is 2.12. The highest BCUT2D eigenvalue weighted by atomic mass is 79.9. The lowest BCUT2D eigenvalue weighted by Gasteiger charge is -1.96. The minimum Gasteiger partial charge on any atom is -0.272 e. The molecule has 0 aliphatic carbocycles. The molecule has 0 aliphatic heterocycles. The molecule has 88 valence electrons. The standard InChI is InChI=1S/C11H11BrN4O/c1-9(17)14-16-7-13-15(8-16)6-10-2-4-11(12)5-3-10/h2-5,7-8H,6H2,1H3/p+1. The molecule has 5 nitrogen and oxygen atoms in total. The highest BCUT2D eigenvalue weighted by Crippen LogP contribution is 2.10. The zero-order chi connectivity index (χ0) is 12.3. The van der Waals surface area contributed by atoms with Gasteiger partial charge in [0.1, 0.15) is 6.54 Å². The molecule has 0 fully saturated rings. The van der Waals surface area contributed by atoms with Gasteiger partial charge in [-0.1, -0.05) is 28.1 Å². The lowest BCUT2D eigenvalue weighted by molar-refractivity contribution is -0.643. The third-order valence-electron chi connectivity index (χ3n) is 2.13. The number of aromatic nitrogens is 3. The maximum absolute atomic E-state index is 10.8. The SMILES string of the molecule is CC(=O)N[n+]1cnn(Cc2ccc(Br)cc2)c1. The van der Waals surface area contributed by atoms with Gasteiger partial charge in [0.15, 0.2) is 0 Å². The van der Waals surface area contributed by atoms with E-state index in [1.54, 1.807) is 17.3 Å². The summed E-state index contributed by atoms with van der Waals surface area (Å²) in [6, 6.07) is 8.02. The van der Waals surface area contributed by atoms with Crippen molar-refractivity contribution in [1.29, 1.82) is 0 Å². The summed E-state index contributed by atoms with van der Waals surface area (Å²) in [5.41, 5.74) is 3.75. The zero-order valence-electron chi connectivity index (χ0n) is 9.30. The highest BCUT2D eigenvalue weighted by Gasteiger charge is 2.07. The van der Waals surface area contributed by atoms with Crippen LogP contribution in [0.4, 0.5) is 0 Å². The second-order valence-corrected chi connectivity index (χ2v) is 4.56. The number of rotatable bonds is 3. The van der Waals surface area contributed by atoms with Crippen LogP contribution in [0.2, 0.25) is 0 Å². The quantitative estimate of drug-likeness (QED) is 0.861. The predicted octanol–water partition coefficient (Wildman–Crippen LogP) is 1.07. The summed E-state index contributed by atoms with van der Waals surface area (Å²) in [5, 5.41) is 4.14. The van der Waals surface area contributed by atoms with Crippen LogP contribution >= 0.6 is 15.9 Å². The molecule has 0 radical (unpaired) electrons. The minimum absolute atomic E-state index is 0.127. The van der Waals surface area contributed by atoms with E-state index in [1.807, 2.05) is 24.3 Å². The molecule has 0 saturated carbocycles. The van der Waals surface area contributed by atoms with E-state index in [1.165, 1.54) is 11.6 Å². The Morgan fingerprint density at radius 1 is 1.47 bits per heavy atom. The zero-order valence-corrected chi connectivity index (χ0v) is 10.9. The number of carbonyl (C=O) groups is 1. The van der Waals surface area contributed by atoms with Crippen LogP contribution in [0.25, 0.3) is 0 Å². The third kappa shape index (κ3) is 3.39. The van der Waals surface area contributed by atoms with Gasteiger partial charge in [-0.05, 0) is 17.7 Å². The summed E-state index contributed by atoms with van der Waals surface area (Å²) < 4.78 is 4.33. The van der Waals surface area contributed by atoms with Gasteiger partial charge in [0.2, 0.25) is 12.2 Å². The van der Waals surface area contributed by atoms with Gasteiger partial charge >= 0.3 is 0 Å². The van der Waals surface area contributed by atoms with Crippen molar-refractivity contribution in [2.75, 3.05) is 5.43 Å². The fourth-order valence-corrected chi connectivity index (χ4v) is 1.69. The number of amides is 1. The maximum Gasteiger partial charge on any atom is 0.287 e. The molecule has 0 unspecified atom stereocenters. The van der Waals surface area contributed by atoms with Crippen molar-refractivity contribution in [2.24, 2.45) is 0 Å². The van der Waals surface area contributed by atoms with Gasteiger partial charge in [0.05, 0.1) is 0 Å². The Hall–Kier alpha value is -1.69. The normalized spacial score (nSPS) is 10.2. The second-order valence-electron chi connectivity index (χ2n) is 3.65. The van der Waals surface area contributed by atoms with E-state index < -0.39 is 0 Å². The van der Waals surface area contributed by atoms with Gasteiger partial charge in [0.25, 0.3) is 6.33 Å². The molecule has 1 amide bonds. The monoisotopic (exact) mass is 295 g/mol. The first-order valence-corrected chi connectivity index (χ1v) is 5.88. The number of hydrogen-bond donors (Lipinski definition) is 1. The molecule has 1 N–H and O–H groups in total. The van der Waals surface area contributed by atoms with Crippen molar-refractivity contribution in [3.05, 3.63) is 47.0 Å². The molecule has 1 aromatic heterocycles. The van der Waals surface area contributed by atoms with E-state index in [0.29, 0.717) is 6.54 Å². The van der Waals surface area contributed by atoms with Crippen molar-refractivity contribution in [3.8, 4) is 0 Å². The van der Waals surface area contributed by atoms with Crippen LogP contribution in [0.15, 0.2) is 41.4 Å². The third-order valence-corrected chi connectivity index (χ3v) is 2.66. The van der Waals surface area contributed by atoms with Gasteiger partial charge in [-0.3, -0.25) is 4.79 Å². The van der Waals surface area contributed by atoms with Crippen molar-refractivity contribution < 1.29 is 9.47 Å². The fourth-order valence-electron chi connectivity index (χ4n) is 1.42. The van der Waals surface area contributed by atoms with E-state index in [-0.39, 0.29) is 5.91 Å². The molecule has 17 heavy (non-hydrogen) atoms. The Morgan fingerprint density at radius 3 is 2.82 bits per heavy atom. The Kier molecular flexibility index (Phi) is 3.53. The van der Waals surface area contributed by atoms with Crippen molar-refractivity contribution in [3.63, 3.8) is 0 Å². The van der Waals surface area contributed by atoms with Crippen LogP contribution in [-0.2, 0) is 11.3 Å². The maximum atomic E-state index is 10.8. The topological polar surface area (TPSA) is 50.8 Å². The fraction of sp³-hybridized carbons (Fsp3) is 0.182. The first-order valence-electron chi connectivity index (χ1n) is 5.09.